The lowest BCUT2D eigenvalue weighted by molar-refractivity contribution is -0.136. The molecule has 170 valence electrons. The van der Waals surface area contributed by atoms with E-state index in [1.165, 1.54) is 38.5 Å². The van der Waals surface area contributed by atoms with Gasteiger partial charge in [-0.1, -0.05) is 12.1 Å². The maximum atomic E-state index is 13.0. The van der Waals surface area contributed by atoms with Crippen molar-refractivity contribution in [3.8, 4) is 11.5 Å². The molecule has 1 aliphatic rings. The molecular formula is C22H24N2O7S. The number of benzene rings is 2. The number of hydrogen-bond acceptors (Lipinski definition) is 7. The van der Waals surface area contributed by atoms with Crippen LogP contribution in [0.15, 0.2) is 64.7 Å². The van der Waals surface area contributed by atoms with E-state index >= 15 is 0 Å². The van der Waals surface area contributed by atoms with Crippen molar-refractivity contribution in [2.45, 2.75) is 17.9 Å². The Labute approximate surface area is 186 Å². The Hall–Kier alpha value is -3.53. The van der Waals surface area contributed by atoms with Crippen LogP contribution in [-0.2, 0) is 19.4 Å². The number of esters is 1. The predicted molar refractivity (Wildman–Crippen MR) is 116 cm³/mol. The van der Waals surface area contributed by atoms with E-state index in [1.54, 1.807) is 24.3 Å². The van der Waals surface area contributed by atoms with Crippen molar-refractivity contribution in [3.63, 3.8) is 0 Å². The molecule has 0 saturated carbocycles. The molecule has 2 aromatic rings. The Morgan fingerprint density at radius 2 is 1.62 bits per heavy atom. The molecule has 1 aliphatic heterocycles. The Morgan fingerprint density at radius 3 is 2.19 bits per heavy atom. The first-order valence-corrected chi connectivity index (χ1v) is 11.4. The molecule has 1 heterocycles. The molecule has 2 aromatic carbocycles. The zero-order valence-electron chi connectivity index (χ0n) is 17.9. The van der Waals surface area contributed by atoms with Crippen molar-refractivity contribution in [2.75, 3.05) is 26.6 Å². The average Bonchev–Trinajstić information content (AvgIpc) is 2.78. The Balaban J connectivity index is 2.02. The van der Waals surface area contributed by atoms with E-state index in [0.717, 1.165) is 0 Å². The first kappa shape index (κ1) is 23.1. The van der Waals surface area contributed by atoms with Crippen molar-refractivity contribution < 1.29 is 32.2 Å². The lowest BCUT2D eigenvalue weighted by Crippen LogP contribution is -2.47. The minimum atomic E-state index is -3.89. The van der Waals surface area contributed by atoms with Gasteiger partial charge in [0.1, 0.15) is 11.5 Å². The fourth-order valence-corrected chi connectivity index (χ4v) is 4.64. The van der Waals surface area contributed by atoms with E-state index in [9.17, 15) is 18.0 Å². The predicted octanol–water partition coefficient (Wildman–Crippen LogP) is 2.35. The summed E-state index contributed by atoms with van der Waals surface area (Å²) in [5, 5.41) is 5.12. The number of carbonyl (C=O) groups excluding carboxylic acids is 2. The van der Waals surface area contributed by atoms with E-state index in [1.807, 2.05) is 6.92 Å². The van der Waals surface area contributed by atoms with Gasteiger partial charge in [0.25, 0.3) is 0 Å². The molecule has 0 aliphatic carbocycles. The van der Waals surface area contributed by atoms with Gasteiger partial charge in [-0.2, -0.15) is 0 Å². The molecule has 1 unspecified atom stereocenters. The van der Waals surface area contributed by atoms with Crippen LogP contribution in [0.2, 0.25) is 0 Å². The molecule has 10 heteroatoms. The summed E-state index contributed by atoms with van der Waals surface area (Å²) < 4.78 is 41.4. The lowest BCUT2D eigenvalue weighted by atomic mass is 9.95. The monoisotopic (exact) mass is 460 g/mol. The van der Waals surface area contributed by atoms with E-state index in [0.29, 0.717) is 23.7 Å². The zero-order valence-corrected chi connectivity index (χ0v) is 18.7. The molecule has 0 spiro atoms. The molecule has 2 N–H and O–H groups in total. The smallest absolute Gasteiger partial charge is 0.338 e. The number of hydrogen-bond donors (Lipinski definition) is 2. The first-order chi connectivity index (χ1) is 15.3. The summed E-state index contributed by atoms with van der Waals surface area (Å²) in [6.07, 6.45) is 0. The van der Waals surface area contributed by atoms with Gasteiger partial charge < -0.3 is 24.8 Å². The van der Waals surface area contributed by atoms with Crippen molar-refractivity contribution in [3.05, 3.63) is 65.4 Å². The molecular weight excluding hydrogens is 436 g/mol. The third kappa shape index (κ3) is 5.02. The molecule has 0 fully saturated rings. The molecule has 0 saturated heterocycles. The van der Waals surface area contributed by atoms with Gasteiger partial charge in [-0.25, -0.2) is 18.0 Å². The van der Waals surface area contributed by atoms with E-state index < -0.39 is 33.6 Å². The van der Waals surface area contributed by atoms with Crippen molar-refractivity contribution in [1.29, 1.82) is 0 Å². The summed E-state index contributed by atoms with van der Waals surface area (Å²) in [4.78, 5) is 25.0. The highest BCUT2D eigenvalue weighted by Crippen LogP contribution is 2.30. The minimum absolute atomic E-state index is 0.00773. The average molecular weight is 461 g/mol. The third-order valence-corrected chi connectivity index (χ3v) is 6.50. The van der Waals surface area contributed by atoms with Crippen LogP contribution in [-0.4, -0.2) is 47.0 Å². The van der Waals surface area contributed by atoms with Crippen molar-refractivity contribution >= 4 is 21.8 Å². The number of amides is 2. The first-order valence-electron chi connectivity index (χ1n) is 9.77. The Kier molecular flexibility index (Phi) is 7.04. The van der Waals surface area contributed by atoms with Crippen LogP contribution >= 0.6 is 0 Å². The van der Waals surface area contributed by atoms with Gasteiger partial charge in [0.15, 0.2) is 9.84 Å². The topological polar surface area (TPSA) is 120 Å². The summed E-state index contributed by atoms with van der Waals surface area (Å²) in [6.45, 7) is 2.35. The summed E-state index contributed by atoms with van der Waals surface area (Å²) in [5.74, 6) is -0.215. The van der Waals surface area contributed by atoms with Gasteiger partial charge in [-0.05, 0) is 48.9 Å². The summed E-state index contributed by atoms with van der Waals surface area (Å²) >= 11 is 0. The van der Waals surface area contributed by atoms with Crippen LogP contribution in [0.1, 0.15) is 18.5 Å². The molecule has 0 radical (unpaired) electrons. The molecule has 9 nitrogen and oxygen atoms in total. The SMILES string of the molecule is CCOc1ccc(C2NC(=O)NC(CS(=O)(=O)c3ccc(OC)cc3)=C2C(=O)OC)cc1. The van der Waals surface area contributed by atoms with Gasteiger partial charge in [0.05, 0.1) is 43.1 Å². The molecule has 2 amide bonds. The normalized spacial score (nSPS) is 16.1. The number of ether oxygens (including phenoxy) is 3. The van der Waals surface area contributed by atoms with E-state index in [4.69, 9.17) is 14.2 Å². The number of sulfone groups is 1. The van der Waals surface area contributed by atoms with Crippen LogP contribution in [0.3, 0.4) is 0 Å². The van der Waals surface area contributed by atoms with Gasteiger partial charge >= 0.3 is 12.0 Å². The molecule has 1 atom stereocenters. The number of nitrogens with one attached hydrogen (secondary N) is 2. The van der Waals surface area contributed by atoms with Gasteiger partial charge in [0.2, 0.25) is 0 Å². The van der Waals surface area contributed by atoms with Crippen molar-refractivity contribution in [1.82, 2.24) is 10.6 Å². The number of urea groups is 1. The summed E-state index contributed by atoms with van der Waals surface area (Å²) in [6, 6.07) is 11.1. The quantitative estimate of drug-likeness (QED) is 0.580. The standard InChI is InChI=1S/C22H24N2O7S/c1-4-31-16-7-5-14(6-8-16)20-19(21(25)30-3)18(23-22(26)24-20)13-32(27,28)17-11-9-15(29-2)10-12-17/h5-12,20H,4,13H2,1-3H3,(H2,23,24,26). The second kappa shape index (κ2) is 9.73. The highest BCUT2D eigenvalue weighted by atomic mass is 32.2. The van der Waals surface area contributed by atoms with Crippen LogP contribution in [0.4, 0.5) is 4.79 Å². The fourth-order valence-electron chi connectivity index (χ4n) is 3.31. The molecule has 0 bridgehead atoms. The Bertz CT molecular complexity index is 1120. The van der Waals surface area contributed by atoms with Crippen LogP contribution in [0.25, 0.3) is 0 Å². The Morgan fingerprint density at radius 1 is 1.00 bits per heavy atom. The summed E-state index contributed by atoms with van der Waals surface area (Å²) in [5.41, 5.74) is 0.534. The minimum Gasteiger partial charge on any atom is -0.497 e. The summed E-state index contributed by atoms with van der Waals surface area (Å²) in [7, 11) is -1.22. The van der Waals surface area contributed by atoms with Gasteiger partial charge in [-0.15, -0.1) is 0 Å². The highest BCUT2D eigenvalue weighted by molar-refractivity contribution is 7.91. The second-order valence-electron chi connectivity index (χ2n) is 6.85. The van der Waals surface area contributed by atoms with Crippen LogP contribution < -0.4 is 20.1 Å². The number of methoxy groups -OCH3 is 2. The van der Waals surface area contributed by atoms with Crippen LogP contribution in [0, 0.1) is 0 Å². The van der Waals surface area contributed by atoms with E-state index in [-0.39, 0.29) is 16.2 Å². The van der Waals surface area contributed by atoms with Gasteiger partial charge in [0, 0.05) is 5.70 Å². The maximum absolute atomic E-state index is 13.0. The zero-order chi connectivity index (χ0) is 23.3. The highest BCUT2D eigenvalue weighted by Gasteiger charge is 2.35. The van der Waals surface area contributed by atoms with E-state index in [2.05, 4.69) is 10.6 Å². The van der Waals surface area contributed by atoms with Crippen LogP contribution in [0.5, 0.6) is 11.5 Å². The molecule has 3 rings (SSSR count). The van der Waals surface area contributed by atoms with Crippen molar-refractivity contribution in [2.24, 2.45) is 0 Å². The molecule has 32 heavy (non-hydrogen) atoms. The third-order valence-electron chi connectivity index (χ3n) is 4.84. The van der Waals surface area contributed by atoms with Gasteiger partial charge in [-0.3, -0.25) is 0 Å². The lowest BCUT2D eigenvalue weighted by Gasteiger charge is -2.29. The number of carbonyl (C=O) groups is 2. The second-order valence-corrected chi connectivity index (χ2v) is 8.84. The largest absolute Gasteiger partial charge is 0.497 e. The fraction of sp³-hybridized carbons (Fsp3) is 0.273. The number of rotatable bonds is 8. The maximum Gasteiger partial charge on any atom is 0.338 e. The molecule has 0 aromatic heterocycles.